The van der Waals surface area contributed by atoms with E-state index in [9.17, 15) is 4.79 Å². The quantitative estimate of drug-likeness (QED) is 0.691. The molecule has 0 aliphatic rings. The molecular weight excluding hydrogens is 270 g/mol. The summed E-state index contributed by atoms with van der Waals surface area (Å²) in [7, 11) is 0. The number of aryl methyl sites for hydroxylation is 1. The highest BCUT2D eigenvalue weighted by Crippen LogP contribution is 2.13. The third-order valence-corrected chi connectivity index (χ3v) is 3.87. The second-order valence-electron chi connectivity index (χ2n) is 4.49. The fourth-order valence-corrected chi connectivity index (χ4v) is 2.68. The third-order valence-electron chi connectivity index (χ3n) is 2.90. The molecule has 3 rings (SSSR count). The van der Waals surface area contributed by atoms with Gasteiger partial charge in [0, 0.05) is 17.3 Å². The molecule has 1 aromatic carbocycles. The van der Waals surface area contributed by atoms with Gasteiger partial charge in [-0.1, -0.05) is 18.2 Å². The smallest absolute Gasteiger partial charge is 0.172 e. The molecule has 4 nitrogen and oxygen atoms in total. The van der Waals surface area contributed by atoms with Gasteiger partial charge in [0.1, 0.15) is 5.01 Å². The Labute approximate surface area is 120 Å². The standard InChI is InChI=1S/C15H13N3OS/c1-11-10-20-15(17-11)7-14(19)12-8-16-18(9-12)13-5-3-2-4-6-13/h2-6,8-10H,7H2,1H3. The van der Waals surface area contributed by atoms with E-state index in [-0.39, 0.29) is 5.78 Å². The monoisotopic (exact) mass is 283 g/mol. The maximum Gasteiger partial charge on any atom is 0.172 e. The summed E-state index contributed by atoms with van der Waals surface area (Å²) in [6, 6.07) is 9.73. The summed E-state index contributed by atoms with van der Waals surface area (Å²) in [4.78, 5) is 16.5. The number of rotatable bonds is 4. The molecule has 0 fully saturated rings. The average molecular weight is 283 g/mol. The zero-order valence-electron chi connectivity index (χ0n) is 11.0. The van der Waals surface area contributed by atoms with Crippen molar-refractivity contribution in [1.82, 2.24) is 14.8 Å². The molecule has 100 valence electrons. The largest absolute Gasteiger partial charge is 0.294 e. The van der Waals surface area contributed by atoms with Crippen LogP contribution in [0.1, 0.15) is 21.1 Å². The van der Waals surface area contributed by atoms with Crippen molar-refractivity contribution in [3.8, 4) is 5.69 Å². The van der Waals surface area contributed by atoms with Crippen molar-refractivity contribution >= 4 is 17.1 Å². The van der Waals surface area contributed by atoms with Crippen molar-refractivity contribution < 1.29 is 4.79 Å². The first-order valence-electron chi connectivity index (χ1n) is 6.26. The lowest BCUT2D eigenvalue weighted by atomic mass is 10.2. The van der Waals surface area contributed by atoms with Crippen LogP contribution in [0.4, 0.5) is 0 Å². The van der Waals surface area contributed by atoms with Gasteiger partial charge in [0.05, 0.1) is 23.9 Å². The second-order valence-corrected chi connectivity index (χ2v) is 5.43. The minimum atomic E-state index is 0.0431. The number of ketones is 1. The first-order valence-corrected chi connectivity index (χ1v) is 7.14. The van der Waals surface area contributed by atoms with Crippen molar-refractivity contribution in [2.24, 2.45) is 0 Å². The first kappa shape index (κ1) is 12.7. The predicted octanol–water partition coefficient (Wildman–Crippen LogP) is 3.06. The SMILES string of the molecule is Cc1csc(CC(=O)c2cnn(-c3ccccc3)c2)n1. The molecule has 0 N–H and O–H groups in total. The van der Waals surface area contributed by atoms with Gasteiger partial charge in [0.25, 0.3) is 0 Å². The molecule has 2 heterocycles. The topological polar surface area (TPSA) is 47.8 Å². The van der Waals surface area contributed by atoms with E-state index in [2.05, 4.69) is 10.1 Å². The van der Waals surface area contributed by atoms with Crippen LogP contribution in [0.2, 0.25) is 0 Å². The van der Waals surface area contributed by atoms with Crippen LogP contribution in [0.25, 0.3) is 5.69 Å². The van der Waals surface area contributed by atoms with Crippen LogP contribution < -0.4 is 0 Å². The Hall–Kier alpha value is -2.27. The van der Waals surface area contributed by atoms with Crippen molar-refractivity contribution in [1.29, 1.82) is 0 Å². The molecule has 0 saturated heterocycles. The number of carbonyl (C=O) groups excluding carboxylic acids is 1. The maximum absolute atomic E-state index is 12.2. The number of nitrogens with zero attached hydrogens (tertiary/aromatic N) is 3. The fraction of sp³-hybridized carbons (Fsp3) is 0.133. The highest BCUT2D eigenvalue weighted by Gasteiger charge is 2.12. The molecule has 0 unspecified atom stereocenters. The Morgan fingerprint density at radius 2 is 2.10 bits per heavy atom. The molecular formula is C15H13N3OS. The lowest BCUT2D eigenvalue weighted by molar-refractivity contribution is 0.0993. The van der Waals surface area contributed by atoms with Crippen LogP contribution in [0.3, 0.4) is 0 Å². The van der Waals surface area contributed by atoms with Gasteiger partial charge in [0.15, 0.2) is 5.78 Å². The summed E-state index contributed by atoms with van der Waals surface area (Å²) < 4.78 is 1.71. The number of hydrogen-bond acceptors (Lipinski definition) is 4. The zero-order chi connectivity index (χ0) is 13.9. The number of carbonyl (C=O) groups is 1. The van der Waals surface area contributed by atoms with Crippen LogP contribution in [-0.4, -0.2) is 20.5 Å². The number of thiazole rings is 1. The Morgan fingerprint density at radius 3 is 2.80 bits per heavy atom. The van der Waals surface area contributed by atoms with E-state index in [1.807, 2.05) is 42.6 Å². The molecule has 0 bridgehead atoms. The Bertz CT molecular complexity index is 730. The number of Topliss-reactive ketones (excluding diaryl/α,β-unsaturated/α-hetero) is 1. The summed E-state index contributed by atoms with van der Waals surface area (Å²) in [6.45, 7) is 1.93. The van der Waals surface area contributed by atoms with E-state index in [0.717, 1.165) is 16.4 Å². The zero-order valence-corrected chi connectivity index (χ0v) is 11.8. The molecule has 0 aliphatic heterocycles. The molecule has 0 spiro atoms. The molecule has 2 aromatic heterocycles. The van der Waals surface area contributed by atoms with Gasteiger partial charge in [-0.15, -0.1) is 11.3 Å². The predicted molar refractivity (Wildman–Crippen MR) is 78.4 cm³/mol. The van der Waals surface area contributed by atoms with Crippen LogP contribution in [0.15, 0.2) is 48.1 Å². The van der Waals surface area contributed by atoms with Crippen LogP contribution >= 0.6 is 11.3 Å². The lowest BCUT2D eigenvalue weighted by Crippen LogP contribution is -2.02. The molecule has 0 atom stereocenters. The minimum Gasteiger partial charge on any atom is -0.294 e. The van der Waals surface area contributed by atoms with Gasteiger partial charge in [-0.05, 0) is 19.1 Å². The van der Waals surface area contributed by atoms with Crippen LogP contribution in [0.5, 0.6) is 0 Å². The Morgan fingerprint density at radius 1 is 1.30 bits per heavy atom. The summed E-state index contributed by atoms with van der Waals surface area (Å²) in [5.41, 5.74) is 2.51. The van der Waals surface area contributed by atoms with Gasteiger partial charge in [0.2, 0.25) is 0 Å². The molecule has 3 aromatic rings. The third kappa shape index (κ3) is 2.67. The van der Waals surface area contributed by atoms with Crippen LogP contribution in [0, 0.1) is 6.92 Å². The normalized spacial score (nSPS) is 10.7. The summed E-state index contributed by atoms with van der Waals surface area (Å²) >= 11 is 1.52. The first-order chi connectivity index (χ1) is 9.72. The second kappa shape index (κ2) is 5.38. The van der Waals surface area contributed by atoms with Crippen molar-refractivity contribution in [3.05, 3.63) is 64.4 Å². The number of para-hydroxylation sites is 1. The maximum atomic E-state index is 12.2. The van der Waals surface area contributed by atoms with E-state index in [1.54, 1.807) is 17.1 Å². The van der Waals surface area contributed by atoms with Crippen molar-refractivity contribution in [2.45, 2.75) is 13.3 Å². The highest BCUT2D eigenvalue weighted by atomic mass is 32.1. The minimum absolute atomic E-state index is 0.0431. The van der Waals surface area contributed by atoms with Gasteiger partial charge >= 0.3 is 0 Å². The summed E-state index contributed by atoms with van der Waals surface area (Å²) in [6.07, 6.45) is 3.70. The molecule has 0 saturated carbocycles. The van der Waals surface area contributed by atoms with Gasteiger partial charge in [-0.3, -0.25) is 4.79 Å². The molecule has 20 heavy (non-hydrogen) atoms. The van der Waals surface area contributed by atoms with Crippen molar-refractivity contribution in [2.75, 3.05) is 0 Å². The summed E-state index contributed by atoms with van der Waals surface area (Å²) in [5.74, 6) is 0.0431. The molecule has 0 amide bonds. The molecule has 0 aliphatic carbocycles. The van der Waals surface area contributed by atoms with Gasteiger partial charge in [-0.2, -0.15) is 5.10 Å². The molecule has 5 heteroatoms. The van der Waals surface area contributed by atoms with Crippen LogP contribution in [-0.2, 0) is 6.42 Å². The highest BCUT2D eigenvalue weighted by molar-refractivity contribution is 7.09. The van der Waals surface area contributed by atoms with E-state index >= 15 is 0 Å². The lowest BCUT2D eigenvalue weighted by Gasteiger charge is -1.98. The van der Waals surface area contributed by atoms with E-state index in [1.165, 1.54) is 11.3 Å². The average Bonchev–Trinajstić information content (AvgIpc) is 3.09. The summed E-state index contributed by atoms with van der Waals surface area (Å²) in [5, 5.41) is 7.03. The number of aromatic nitrogens is 3. The molecule has 0 radical (unpaired) electrons. The fourth-order valence-electron chi connectivity index (χ4n) is 1.91. The van der Waals surface area contributed by atoms with E-state index in [0.29, 0.717) is 12.0 Å². The van der Waals surface area contributed by atoms with Gasteiger partial charge < -0.3 is 0 Å². The number of benzene rings is 1. The van der Waals surface area contributed by atoms with Gasteiger partial charge in [-0.25, -0.2) is 9.67 Å². The van der Waals surface area contributed by atoms with Crippen molar-refractivity contribution in [3.63, 3.8) is 0 Å². The Balaban J connectivity index is 1.78. The Kier molecular flexibility index (Phi) is 3.43. The van der Waals surface area contributed by atoms with E-state index < -0.39 is 0 Å². The van der Waals surface area contributed by atoms with E-state index in [4.69, 9.17) is 0 Å². The number of hydrogen-bond donors (Lipinski definition) is 0.